The molecule has 0 aliphatic rings. The van der Waals surface area contributed by atoms with Crippen LogP contribution < -0.4 is 10.2 Å². The van der Waals surface area contributed by atoms with Gasteiger partial charge in [0, 0.05) is 17.6 Å². The summed E-state index contributed by atoms with van der Waals surface area (Å²) in [4.78, 5) is 25.8. The third kappa shape index (κ3) is 4.74. The molecule has 6 heteroatoms. The summed E-state index contributed by atoms with van der Waals surface area (Å²) in [6, 6.07) is 8.80. The van der Waals surface area contributed by atoms with Gasteiger partial charge >= 0.3 is 0 Å². The van der Waals surface area contributed by atoms with E-state index in [-0.39, 0.29) is 18.4 Å². The Kier molecular flexibility index (Phi) is 6.09. The summed E-state index contributed by atoms with van der Waals surface area (Å²) < 4.78 is 0. The van der Waals surface area contributed by atoms with E-state index in [0.717, 1.165) is 22.4 Å². The number of carbonyl (C=O) groups is 2. The molecule has 2 aromatic carbocycles. The van der Waals surface area contributed by atoms with Crippen LogP contribution >= 0.6 is 23.2 Å². The highest BCUT2D eigenvalue weighted by Crippen LogP contribution is 2.29. The van der Waals surface area contributed by atoms with Crippen LogP contribution in [0, 0.1) is 20.8 Å². The fourth-order valence-corrected chi connectivity index (χ4v) is 3.28. The van der Waals surface area contributed by atoms with E-state index in [9.17, 15) is 9.59 Å². The zero-order valence-corrected chi connectivity index (χ0v) is 16.1. The molecule has 0 bridgehead atoms. The van der Waals surface area contributed by atoms with E-state index in [2.05, 4.69) is 5.32 Å². The van der Waals surface area contributed by atoms with E-state index in [1.54, 1.807) is 18.2 Å². The van der Waals surface area contributed by atoms with E-state index >= 15 is 0 Å². The van der Waals surface area contributed by atoms with Crippen LogP contribution in [0.1, 0.15) is 23.6 Å². The minimum atomic E-state index is -0.295. The van der Waals surface area contributed by atoms with Gasteiger partial charge in [0.15, 0.2) is 0 Å². The first-order chi connectivity index (χ1) is 11.7. The Balaban J connectivity index is 2.23. The summed E-state index contributed by atoms with van der Waals surface area (Å²) in [5.41, 5.74) is 4.30. The molecule has 2 aromatic rings. The van der Waals surface area contributed by atoms with Gasteiger partial charge in [0.25, 0.3) is 0 Å². The number of nitrogens with one attached hydrogen (secondary N) is 1. The molecular weight excluding hydrogens is 359 g/mol. The van der Waals surface area contributed by atoms with Crippen molar-refractivity contribution in [3.05, 3.63) is 57.1 Å². The largest absolute Gasteiger partial charge is 0.324 e. The smallest absolute Gasteiger partial charge is 0.244 e. The molecule has 0 aliphatic carbocycles. The number of rotatable bonds is 4. The summed E-state index contributed by atoms with van der Waals surface area (Å²) in [6.45, 7) is 7.14. The number of aryl methyl sites for hydroxylation is 3. The fraction of sp³-hybridized carbons (Fsp3) is 0.263. The number of carbonyl (C=O) groups excluding carboxylic acids is 2. The molecule has 0 aromatic heterocycles. The lowest BCUT2D eigenvalue weighted by molar-refractivity contribution is -0.120. The number of benzene rings is 2. The average molecular weight is 379 g/mol. The van der Waals surface area contributed by atoms with Gasteiger partial charge < -0.3 is 10.2 Å². The molecule has 0 fully saturated rings. The normalized spacial score (nSPS) is 10.5. The molecule has 2 rings (SSSR count). The summed E-state index contributed by atoms with van der Waals surface area (Å²) in [7, 11) is 0. The molecule has 0 saturated carbocycles. The summed E-state index contributed by atoms with van der Waals surface area (Å²) in [5, 5.41) is 3.67. The van der Waals surface area contributed by atoms with Gasteiger partial charge in [-0.2, -0.15) is 0 Å². The Morgan fingerprint density at radius 1 is 1.04 bits per heavy atom. The zero-order chi connectivity index (χ0) is 18.7. The molecule has 1 N–H and O–H groups in total. The number of anilines is 2. The van der Waals surface area contributed by atoms with Gasteiger partial charge in [-0.3, -0.25) is 9.59 Å². The highest BCUT2D eigenvalue weighted by atomic mass is 35.5. The molecule has 132 valence electrons. The van der Waals surface area contributed by atoms with E-state index in [4.69, 9.17) is 23.2 Å². The average Bonchev–Trinajstić information content (AvgIpc) is 2.49. The molecule has 0 atom stereocenters. The molecule has 0 spiro atoms. The maximum absolute atomic E-state index is 12.5. The monoisotopic (exact) mass is 378 g/mol. The molecule has 0 heterocycles. The number of hydrogen-bond acceptors (Lipinski definition) is 2. The van der Waals surface area contributed by atoms with E-state index in [0.29, 0.717) is 15.7 Å². The second-order valence-corrected chi connectivity index (χ2v) is 6.87. The SMILES string of the molecule is CC(=O)N(CC(=O)Nc1c(C)cc(C)cc1C)c1ccc(Cl)cc1Cl. The molecule has 0 aliphatic heterocycles. The Morgan fingerprint density at radius 2 is 1.64 bits per heavy atom. The van der Waals surface area contributed by atoms with E-state index < -0.39 is 0 Å². The lowest BCUT2D eigenvalue weighted by atomic mass is 10.1. The van der Waals surface area contributed by atoms with Crippen molar-refractivity contribution >= 4 is 46.4 Å². The third-order valence-electron chi connectivity index (χ3n) is 3.82. The fourth-order valence-electron chi connectivity index (χ4n) is 2.77. The minimum Gasteiger partial charge on any atom is -0.324 e. The highest BCUT2D eigenvalue weighted by Gasteiger charge is 2.19. The molecule has 2 amide bonds. The van der Waals surface area contributed by atoms with E-state index in [1.165, 1.54) is 11.8 Å². The number of hydrogen-bond donors (Lipinski definition) is 1. The van der Waals surface area contributed by atoms with Crippen LogP contribution in [0.25, 0.3) is 0 Å². The van der Waals surface area contributed by atoms with Crippen LogP contribution in [-0.4, -0.2) is 18.4 Å². The van der Waals surface area contributed by atoms with Gasteiger partial charge in [-0.25, -0.2) is 0 Å². The van der Waals surface area contributed by atoms with Crippen molar-refractivity contribution in [3.8, 4) is 0 Å². The van der Waals surface area contributed by atoms with Crippen LogP contribution in [-0.2, 0) is 9.59 Å². The van der Waals surface area contributed by atoms with Crippen molar-refractivity contribution in [1.82, 2.24) is 0 Å². The van der Waals surface area contributed by atoms with Crippen LogP contribution in [0.15, 0.2) is 30.3 Å². The maximum Gasteiger partial charge on any atom is 0.244 e. The van der Waals surface area contributed by atoms with Gasteiger partial charge in [0.2, 0.25) is 11.8 Å². The molecule has 25 heavy (non-hydrogen) atoms. The standard InChI is InChI=1S/C19H20Cl2N2O2/c1-11-7-12(2)19(13(3)8-11)22-18(25)10-23(14(4)24)17-6-5-15(20)9-16(17)21/h5-9H,10H2,1-4H3,(H,22,25). The van der Waals surface area contributed by atoms with Crippen molar-refractivity contribution in [2.45, 2.75) is 27.7 Å². The topological polar surface area (TPSA) is 49.4 Å². The van der Waals surface area contributed by atoms with Crippen molar-refractivity contribution in [1.29, 1.82) is 0 Å². The van der Waals surface area contributed by atoms with Gasteiger partial charge in [0.1, 0.15) is 6.54 Å². The summed E-state index contributed by atoms with van der Waals surface area (Å²) in [6.07, 6.45) is 0. The molecule has 4 nitrogen and oxygen atoms in total. The lowest BCUT2D eigenvalue weighted by Gasteiger charge is -2.22. The van der Waals surface area contributed by atoms with Crippen LogP contribution in [0.5, 0.6) is 0 Å². The van der Waals surface area contributed by atoms with Gasteiger partial charge in [-0.15, -0.1) is 0 Å². The van der Waals surface area contributed by atoms with Crippen molar-refractivity contribution in [2.24, 2.45) is 0 Å². The van der Waals surface area contributed by atoms with E-state index in [1.807, 2.05) is 32.9 Å². The molecule has 0 radical (unpaired) electrons. The maximum atomic E-state index is 12.5. The Hall–Kier alpha value is -2.04. The van der Waals surface area contributed by atoms with Crippen molar-refractivity contribution in [3.63, 3.8) is 0 Å². The Bertz CT molecular complexity index is 811. The Morgan fingerprint density at radius 3 is 2.16 bits per heavy atom. The first-order valence-corrected chi connectivity index (χ1v) is 8.55. The highest BCUT2D eigenvalue weighted by molar-refractivity contribution is 6.36. The predicted molar refractivity (Wildman–Crippen MR) is 104 cm³/mol. The molecule has 0 unspecified atom stereocenters. The molecule has 0 saturated heterocycles. The first-order valence-electron chi connectivity index (χ1n) is 7.80. The van der Waals surface area contributed by atoms with Gasteiger partial charge in [0.05, 0.1) is 10.7 Å². The zero-order valence-electron chi connectivity index (χ0n) is 14.6. The third-order valence-corrected chi connectivity index (χ3v) is 4.36. The second kappa shape index (κ2) is 7.89. The van der Waals surface area contributed by atoms with Crippen molar-refractivity contribution in [2.75, 3.05) is 16.8 Å². The summed E-state index contributed by atoms with van der Waals surface area (Å²) >= 11 is 12.1. The molecular formula is C19H20Cl2N2O2. The number of nitrogens with zero attached hydrogens (tertiary/aromatic N) is 1. The van der Waals surface area contributed by atoms with Gasteiger partial charge in [-0.05, 0) is 50.1 Å². The number of halogens is 2. The van der Waals surface area contributed by atoms with Crippen LogP contribution in [0.4, 0.5) is 11.4 Å². The number of amides is 2. The summed E-state index contributed by atoms with van der Waals surface area (Å²) in [5.74, 6) is -0.576. The Labute approximate surface area is 157 Å². The van der Waals surface area contributed by atoms with Crippen molar-refractivity contribution < 1.29 is 9.59 Å². The van der Waals surface area contributed by atoms with Gasteiger partial charge in [-0.1, -0.05) is 40.9 Å². The second-order valence-electron chi connectivity index (χ2n) is 6.02. The first kappa shape index (κ1) is 19.3. The minimum absolute atomic E-state index is 0.135. The van der Waals surface area contributed by atoms with Crippen LogP contribution in [0.3, 0.4) is 0 Å². The quantitative estimate of drug-likeness (QED) is 0.821. The van der Waals surface area contributed by atoms with Crippen LogP contribution in [0.2, 0.25) is 10.0 Å². The predicted octanol–water partition coefficient (Wildman–Crippen LogP) is 4.91. The lowest BCUT2D eigenvalue weighted by Crippen LogP contribution is -2.37.